The van der Waals surface area contributed by atoms with Crippen molar-refractivity contribution >= 4 is 33.3 Å². The molecule has 0 unspecified atom stereocenters. The maximum Gasteiger partial charge on any atom is 0.169 e. The Morgan fingerprint density at radius 3 is 2.70 bits per heavy atom. The second-order valence-electron chi connectivity index (χ2n) is 4.72. The molecule has 0 atom stereocenters. The van der Waals surface area contributed by atoms with Gasteiger partial charge in [0.1, 0.15) is 0 Å². The molecule has 3 nitrogen and oxygen atoms in total. The zero-order valence-corrected chi connectivity index (χ0v) is 14.0. The van der Waals surface area contributed by atoms with Gasteiger partial charge in [-0.15, -0.1) is 0 Å². The first-order chi connectivity index (χ1) is 9.43. The van der Waals surface area contributed by atoms with Crippen LogP contribution in [0.1, 0.15) is 34.2 Å². The summed E-state index contributed by atoms with van der Waals surface area (Å²) < 4.78 is 2.77. The molecule has 0 bridgehead atoms. The van der Waals surface area contributed by atoms with Crippen molar-refractivity contribution in [2.45, 2.75) is 33.7 Å². The Morgan fingerprint density at radius 2 is 2.10 bits per heavy atom. The van der Waals surface area contributed by atoms with Gasteiger partial charge >= 0.3 is 0 Å². The number of halogens is 2. The van der Waals surface area contributed by atoms with E-state index in [0.29, 0.717) is 11.6 Å². The zero-order valence-electron chi connectivity index (χ0n) is 11.7. The molecule has 0 aliphatic heterocycles. The normalized spacial score (nSPS) is 10.8. The van der Waals surface area contributed by atoms with Gasteiger partial charge in [-0.05, 0) is 38.5 Å². The number of carbonyl (C=O) groups excluding carboxylic acids is 1. The van der Waals surface area contributed by atoms with Gasteiger partial charge in [-0.1, -0.05) is 33.6 Å². The average Bonchev–Trinajstić information content (AvgIpc) is 2.66. The van der Waals surface area contributed by atoms with Crippen LogP contribution < -0.4 is 0 Å². The van der Waals surface area contributed by atoms with E-state index in [1.165, 1.54) is 0 Å². The van der Waals surface area contributed by atoms with Gasteiger partial charge in [0.25, 0.3) is 0 Å². The summed E-state index contributed by atoms with van der Waals surface area (Å²) >= 11 is 9.65. The van der Waals surface area contributed by atoms with Gasteiger partial charge in [-0.25, -0.2) is 0 Å². The van der Waals surface area contributed by atoms with E-state index in [4.69, 9.17) is 11.6 Å². The molecule has 1 aromatic heterocycles. The molecule has 0 saturated heterocycles. The van der Waals surface area contributed by atoms with Crippen molar-refractivity contribution in [1.29, 1.82) is 0 Å². The van der Waals surface area contributed by atoms with Crippen LogP contribution >= 0.6 is 27.5 Å². The standard InChI is InChI=1S/C15H16BrClN2O/c1-4-19-13(15(17)10(3)18-19)8-14(20)12-6-5-11(16)7-9(12)2/h5-7H,4,8H2,1-3H3. The Labute approximate surface area is 132 Å². The molecule has 0 aliphatic rings. The lowest BCUT2D eigenvalue weighted by Gasteiger charge is -2.07. The minimum atomic E-state index is 0.0616. The van der Waals surface area contributed by atoms with Crippen LogP contribution in [0.2, 0.25) is 5.02 Å². The Bertz CT molecular complexity index is 664. The van der Waals surface area contributed by atoms with Gasteiger partial charge in [0, 0.05) is 16.6 Å². The third-order valence-corrected chi connectivity index (χ3v) is 4.25. The van der Waals surface area contributed by atoms with Crippen molar-refractivity contribution in [2.24, 2.45) is 0 Å². The lowest BCUT2D eigenvalue weighted by atomic mass is 10.0. The first-order valence-electron chi connectivity index (χ1n) is 6.45. The summed E-state index contributed by atoms with van der Waals surface area (Å²) in [5.74, 6) is 0.0616. The monoisotopic (exact) mass is 354 g/mol. The van der Waals surface area contributed by atoms with Crippen LogP contribution in [0.15, 0.2) is 22.7 Å². The number of aryl methyl sites for hydroxylation is 3. The number of aromatic nitrogens is 2. The molecule has 2 aromatic rings. The molecule has 1 heterocycles. The van der Waals surface area contributed by atoms with Gasteiger partial charge in [-0.2, -0.15) is 5.10 Å². The van der Waals surface area contributed by atoms with E-state index in [1.807, 2.05) is 39.0 Å². The molecule has 0 aliphatic carbocycles. The predicted molar refractivity (Wildman–Crippen MR) is 84.6 cm³/mol. The van der Waals surface area contributed by atoms with E-state index in [2.05, 4.69) is 21.0 Å². The molecular weight excluding hydrogens is 340 g/mol. The highest BCUT2D eigenvalue weighted by Crippen LogP contribution is 2.23. The third kappa shape index (κ3) is 2.96. The summed E-state index contributed by atoms with van der Waals surface area (Å²) in [6.45, 7) is 6.48. The van der Waals surface area contributed by atoms with Gasteiger partial charge in [0.05, 0.1) is 22.8 Å². The fourth-order valence-corrected chi connectivity index (χ4v) is 2.90. The summed E-state index contributed by atoms with van der Waals surface area (Å²) in [5.41, 5.74) is 3.24. The van der Waals surface area contributed by atoms with Crippen LogP contribution in [0, 0.1) is 13.8 Å². The number of ketones is 1. The van der Waals surface area contributed by atoms with E-state index >= 15 is 0 Å². The highest BCUT2D eigenvalue weighted by atomic mass is 79.9. The van der Waals surface area contributed by atoms with Crippen LogP contribution in [0.4, 0.5) is 0 Å². The van der Waals surface area contributed by atoms with Crippen molar-refractivity contribution in [3.05, 3.63) is 50.2 Å². The molecule has 0 saturated carbocycles. The molecule has 0 amide bonds. The average molecular weight is 356 g/mol. The van der Waals surface area contributed by atoms with E-state index in [0.717, 1.165) is 27.0 Å². The van der Waals surface area contributed by atoms with Crippen LogP contribution in [0.3, 0.4) is 0 Å². The fourth-order valence-electron chi connectivity index (χ4n) is 2.23. The maximum absolute atomic E-state index is 12.5. The third-order valence-electron chi connectivity index (χ3n) is 3.27. The summed E-state index contributed by atoms with van der Waals surface area (Å²) in [6.07, 6.45) is 0.274. The Hall–Kier alpha value is -1.13. The minimum Gasteiger partial charge on any atom is -0.294 e. The second-order valence-corrected chi connectivity index (χ2v) is 6.01. The van der Waals surface area contributed by atoms with E-state index in [-0.39, 0.29) is 12.2 Å². The predicted octanol–water partition coefficient (Wildman–Crippen LogP) is 4.36. The van der Waals surface area contributed by atoms with Crippen molar-refractivity contribution in [2.75, 3.05) is 0 Å². The van der Waals surface area contributed by atoms with Crippen molar-refractivity contribution in [1.82, 2.24) is 9.78 Å². The first-order valence-corrected chi connectivity index (χ1v) is 7.62. The number of nitrogens with zero attached hydrogens (tertiary/aromatic N) is 2. The summed E-state index contributed by atoms with van der Waals surface area (Å²) in [7, 11) is 0. The van der Waals surface area contributed by atoms with Crippen molar-refractivity contribution in [3.63, 3.8) is 0 Å². The van der Waals surface area contributed by atoms with Gasteiger partial charge < -0.3 is 0 Å². The molecule has 0 radical (unpaired) electrons. The smallest absolute Gasteiger partial charge is 0.169 e. The minimum absolute atomic E-state index is 0.0616. The Balaban J connectivity index is 2.32. The quantitative estimate of drug-likeness (QED) is 0.764. The van der Waals surface area contributed by atoms with Crippen LogP contribution in [0.25, 0.3) is 0 Å². The largest absolute Gasteiger partial charge is 0.294 e. The SMILES string of the molecule is CCn1nc(C)c(Cl)c1CC(=O)c1ccc(Br)cc1C. The first kappa shape index (κ1) is 15.3. The van der Waals surface area contributed by atoms with E-state index in [1.54, 1.807) is 4.68 Å². The summed E-state index contributed by atoms with van der Waals surface area (Å²) in [4.78, 5) is 12.5. The maximum atomic E-state index is 12.5. The molecule has 5 heteroatoms. The van der Waals surface area contributed by atoms with Crippen LogP contribution in [-0.2, 0) is 13.0 Å². The highest BCUT2D eigenvalue weighted by molar-refractivity contribution is 9.10. The summed E-state index contributed by atoms with van der Waals surface area (Å²) in [6, 6.07) is 5.66. The molecule has 20 heavy (non-hydrogen) atoms. The number of hydrogen-bond acceptors (Lipinski definition) is 2. The van der Waals surface area contributed by atoms with Crippen LogP contribution in [-0.4, -0.2) is 15.6 Å². The summed E-state index contributed by atoms with van der Waals surface area (Å²) in [5, 5.41) is 4.93. The zero-order chi connectivity index (χ0) is 14.9. The Morgan fingerprint density at radius 1 is 1.40 bits per heavy atom. The topological polar surface area (TPSA) is 34.9 Å². The van der Waals surface area contributed by atoms with Crippen molar-refractivity contribution in [3.8, 4) is 0 Å². The van der Waals surface area contributed by atoms with E-state index < -0.39 is 0 Å². The molecule has 0 fully saturated rings. The number of benzene rings is 1. The molecular formula is C15H16BrClN2O. The lowest BCUT2D eigenvalue weighted by Crippen LogP contribution is -2.11. The molecule has 2 rings (SSSR count). The number of Topliss-reactive ketones (excluding diaryl/α,β-unsaturated/α-hetero) is 1. The van der Waals surface area contributed by atoms with E-state index in [9.17, 15) is 4.79 Å². The number of rotatable bonds is 4. The Kier molecular flexibility index (Phi) is 4.66. The van der Waals surface area contributed by atoms with Gasteiger partial charge in [0.15, 0.2) is 5.78 Å². The molecule has 106 valence electrons. The molecule has 1 aromatic carbocycles. The fraction of sp³-hybridized carbons (Fsp3) is 0.333. The second kappa shape index (κ2) is 6.10. The van der Waals surface area contributed by atoms with Crippen molar-refractivity contribution < 1.29 is 4.79 Å². The lowest BCUT2D eigenvalue weighted by molar-refractivity contribution is 0.0990. The highest BCUT2D eigenvalue weighted by Gasteiger charge is 2.18. The van der Waals surface area contributed by atoms with Crippen LogP contribution in [0.5, 0.6) is 0 Å². The molecule has 0 N–H and O–H groups in total. The number of carbonyl (C=O) groups is 1. The molecule has 0 spiro atoms. The van der Waals surface area contributed by atoms with Gasteiger partial charge in [-0.3, -0.25) is 9.48 Å². The number of hydrogen-bond donors (Lipinski definition) is 0. The van der Waals surface area contributed by atoms with Gasteiger partial charge in [0.2, 0.25) is 0 Å².